The molecular weight excluding hydrogens is 188 g/mol. The SMILES string of the molecule is CCCC(CC)CCNC(=O)CCCN. The van der Waals surface area contributed by atoms with Gasteiger partial charge >= 0.3 is 0 Å². The van der Waals surface area contributed by atoms with Crippen molar-refractivity contribution in [3.05, 3.63) is 0 Å². The zero-order valence-corrected chi connectivity index (χ0v) is 10.2. The average molecular weight is 214 g/mol. The van der Waals surface area contributed by atoms with Crippen molar-refractivity contribution in [2.75, 3.05) is 13.1 Å². The number of hydrogen-bond acceptors (Lipinski definition) is 2. The van der Waals surface area contributed by atoms with Crippen molar-refractivity contribution < 1.29 is 4.79 Å². The largest absolute Gasteiger partial charge is 0.356 e. The Hall–Kier alpha value is -0.570. The normalized spacial score (nSPS) is 12.5. The molecule has 15 heavy (non-hydrogen) atoms. The molecule has 0 aromatic carbocycles. The Labute approximate surface area is 93.8 Å². The second-order valence-electron chi connectivity index (χ2n) is 4.09. The van der Waals surface area contributed by atoms with E-state index < -0.39 is 0 Å². The van der Waals surface area contributed by atoms with Gasteiger partial charge in [0, 0.05) is 13.0 Å². The predicted octanol–water partition coefficient (Wildman–Crippen LogP) is 2.06. The summed E-state index contributed by atoms with van der Waals surface area (Å²) < 4.78 is 0. The van der Waals surface area contributed by atoms with Crippen molar-refractivity contribution in [2.24, 2.45) is 11.7 Å². The van der Waals surface area contributed by atoms with Gasteiger partial charge in [-0.1, -0.05) is 33.1 Å². The van der Waals surface area contributed by atoms with E-state index in [0.717, 1.165) is 25.3 Å². The number of carbonyl (C=O) groups is 1. The maximum absolute atomic E-state index is 11.3. The van der Waals surface area contributed by atoms with Crippen LogP contribution in [-0.4, -0.2) is 19.0 Å². The van der Waals surface area contributed by atoms with Crippen LogP contribution in [0.25, 0.3) is 0 Å². The van der Waals surface area contributed by atoms with Crippen molar-refractivity contribution >= 4 is 5.91 Å². The first-order valence-corrected chi connectivity index (χ1v) is 6.21. The lowest BCUT2D eigenvalue weighted by Crippen LogP contribution is -2.26. The summed E-state index contributed by atoms with van der Waals surface area (Å²) in [5.74, 6) is 0.914. The average Bonchev–Trinajstić information content (AvgIpc) is 2.25. The third-order valence-electron chi connectivity index (χ3n) is 2.76. The van der Waals surface area contributed by atoms with E-state index in [2.05, 4.69) is 19.2 Å². The van der Waals surface area contributed by atoms with Crippen molar-refractivity contribution in [3.8, 4) is 0 Å². The molecule has 0 aromatic rings. The molecule has 0 aliphatic rings. The van der Waals surface area contributed by atoms with E-state index in [-0.39, 0.29) is 5.91 Å². The molecule has 3 heteroatoms. The number of carbonyl (C=O) groups excluding carboxylic acids is 1. The second-order valence-corrected chi connectivity index (χ2v) is 4.09. The maximum Gasteiger partial charge on any atom is 0.220 e. The molecule has 0 aliphatic heterocycles. The Morgan fingerprint density at radius 2 is 2.07 bits per heavy atom. The quantitative estimate of drug-likeness (QED) is 0.617. The first kappa shape index (κ1) is 14.4. The monoisotopic (exact) mass is 214 g/mol. The van der Waals surface area contributed by atoms with Gasteiger partial charge in [0.1, 0.15) is 0 Å². The predicted molar refractivity (Wildman–Crippen MR) is 64.6 cm³/mol. The fourth-order valence-corrected chi connectivity index (χ4v) is 1.73. The second kappa shape index (κ2) is 9.97. The minimum Gasteiger partial charge on any atom is -0.356 e. The van der Waals surface area contributed by atoms with Gasteiger partial charge in [0.25, 0.3) is 0 Å². The lowest BCUT2D eigenvalue weighted by Gasteiger charge is -2.13. The molecule has 0 rings (SSSR count). The van der Waals surface area contributed by atoms with Crippen molar-refractivity contribution in [1.29, 1.82) is 0 Å². The molecule has 0 aromatic heterocycles. The molecule has 0 radical (unpaired) electrons. The highest BCUT2D eigenvalue weighted by Gasteiger charge is 2.05. The van der Waals surface area contributed by atoms with Crippen LogP contribution in [-0.2, 0) is 4.79 Å². The Morgan fingerprint density at radius 3 is 2.60 bits per heavy atom. The highest BCUT2D eigenvalue weighted by molar-refractivity contribution is 5.75. The van der Waals surface area contributed by atoms with Gasteiger partial charge in [-0.15, -0.1) is 0 Å². The maximum atomic E-state index is 11.3. The number of amides is 1. The summed E-state index contributed by atoms with van der Waals surface area (Å²) in [6.07, 6.45) is 6.19. The van der Waals surface area contributed by atoms with Gasteiger partial charge in [-0.2, -0.15) is 0 Å². The Kier molecular flexibility index (Phi) is 9.59. The first-order valence-electron chi connectivity index (χ1n) is 6.21. The molecule has 0 aliphatic carbocycles. The number of rotatable bonds is 9. The van der Waals surface area contributed by atoms with Crippen molar-refractivity contribution in [3.63, 3.8) is 0 Å². The van der Waals surface area contributed by atoms with Crippen LogP contribution in [0.2, 0.25) is 0 Å². The summed E-state index contributed by atoms with van der Waals surface area (Å²) in [5, 5.41) is 2.95. The minimum atomic E-state index is 0.145. The van der Waals surface area contributed by atoms with Crippen molar-refractivity contribution in [2.45, 2.75) is 52.4 Å². The standard InChI is InChI=1S/C12H26N2O/c1-3-6-11(4-2)8-10-14-12(15)7-5-9-13/h11H,3-10,13H2,1-2H3,(H,14,15). The smallest absolute Gasteiger partial charge is 0.220 e. The van der Waals surface area contributed by atoms with Crippen LogP contribution in [0.5, 0.6) is 0 Å². The molecule has 1 unspecified atom stereocenters. The first-order chi connectivity index (χ1) is 7.24. The zero-order chi connectivity index (χ0) is 11.5. The van der Waals surface area contributed by atoms with E-state index >= 15 is 0 Å². The van der Waals surface area contributed by atoms with E-state index in [9.17, 15) is 4.79 Å². The van der Waals surface area contributed by atoms with Crippen LogP contribution in [0.4, 0.5) is 0 Å². The molecule has 0 spiro atoms. The molecule has 0 saturated heterocycles. The van der Waals surface area contributed by atoms with E-state index in [1.54, 1.807) is 0 Å². The molecule has 0 heterocycles. The van der Waals surface area contributed by atoms with Crippen LogP contribution >= 0.6 is 0 Å². The molecule has 3 N–H and O–H groups in total. The molecule has 0 bridgehead atoms. The van der Waals surface area contributed by atoms with E-state index in [1.165, 1.54) is 19.3 Å². The van der Waals surface area contributed by atoms with Gasteiger partial charge in [-0.25, -0.2) is 0 Å². The zero-order valence-electron chi connectivity index (χ0n) is 10.2. The summed E-state index contributed by atoms with van der Waals surface area (Å²) in [4.78, 5) is 11.3. The number of nitrogens with two attached hydrogens (primary N) is 1. The van der Waals surface area contributed by atoms with Gasteiger partial charge in [-0.05, 0) is 25.3 Å². The Bertz CT molecular complexity index is 160. The molecule has 3 nitrogen and oxygen atoms in total. The number of nitrogens with one attached hydrogen (secondary N) is 1. The summed E-state index contributed by atoms with van der Waals surface area (Å²) in [7, 11) is 0. The van der Waals surface area contributed by atoms with Gasteiger partial charge in [0.15, 0.2) is 0 Å². The minimum absolute atomic E-state index is 0.145. The van der Waals surface area contributed by atoms with Crippen LogP contribution in [0.3, 0.4) is 0 Å². The Morgan fingerprint density at radius 1 is 1.33 bits per heavy atom. The number of hydrogen-bond donors (Lipinski definition) is 2. The van der Waals surface area contributed by atoms with E-state index in [4.69, 9.17) is 5.73 Å². The third-order valence-corrected chi connectivity index (χ3v) is 2.76. The lowest BCUT2D eigenvalue weighted by atomic mass is 9.97. The molecule has 0 fully saturated rings. The topological polar surface area (TPSA) is 55.1 Å². The summed E-state index contributed by atoms with van der Waals surface area (Å²) >= 11 is 0. The highest BCUT2D eigenvalue weighted by atomic mass is 16.1. The fraction of sp³-hybridized carbons (Fsp3) is 0.917. The van der Waals surface area contributed by atoms with E-state index in [0.29, 0.717) is 13.0 Å². The fourth-order valence-electron chi connectivity index (χ4n) is 1.73. The van der Waals surface area contributed by atoms with Gasteiger partial charge in [-0.3, -0.25) is 4.79 Å². The third kappa shape index (κ3) is 8.43. The van der Waals surface area contributed by atoms with Gasteiger partial charge < -0.3 is 11.1 Å². The van der Waals surface area contributed by atoms with Crippen LogP contribution in [0.15, 0.2) is 0 Å². The summed E-state index contributed by atoms with van der Waals surface area (Å²) in [6, 6.07) is 0. The lowest BCUT2D eigenvalue weighted by molar-refractivity contribution is -0.121. The van der Waals surface area contributed by atoms with Crippen LogP contribution < -0.4 is 11.1 Å². The van der Waals surface area contributed by atoms with E-state index in [1.807, 2.05) is 0 Å². The summed E-state index contributed by atoms with van der Waals surface area (Å²) in [6.45, 7) is 5.85. The van der Waals surface area contributed by atoms with Crippen molar-refractivity contribution in [1.82, 2.24) is 5.32 Å². The molecular formula is C12H26N2O. The molecule has 1 atom stereocenters. The molecule has 0 saturated carbocycles. The molecule has 1 amide bonds. The molecule has 90 valence electrons. The summed E-state index contributed by atoms with van der Waals surface area (Å²) in [5.41, 5.74) is 5.33. The van der Waals surface area contributed by atoms with Gasteiger partial charge in [0.2, 0.25) is 5.91 Å². The Balaban J connectivity index is 3.45. The van der Waals surface area contributed by atoms with Crippen LogP contribution in [0.1, 0.15) is 52.4 Å². The van der Waals surface area contributed by atoms with Crippen LogP contribution in [0, 0.1) is 5.92 Å². The van der Waals surface area contributed by atoms with Gasteiger partial charge in [0.05, 0.1) is 0 Å². The highest BCUT2D eigenvalue weighted by Crippen LogP contribution is 2.13.